The number of aliphatic carboxylic acids is 1. The van der Waals surface area contributed by atoms with Gasteiger partial charge in [0.25, 0.3) is 0 Å². The lowest BCUT2D eigenvalue weighted by Gasteiger charge is -2.03. The molecule has 0 radical (unpaired) electrons. The van der Waals surface area contributed by atoms with E-state index in [2.05, 4.69) is 5.32 Å². The van der Waals surface area contributed by atoms with Crippen LogP contribution in [0.25, 0.3) is 6.08 Å². The molecule has 6 nitrogen and oxygen atoms in total. The first kappa shape index (κ1) is 14.6. The van der Waals surface area contributed by atoms with Crippen LogP contribution in [-0.4, -0.2) is 23.8 Å². The molecular weight excluding hydrogens is 274 g/mol. The lowest BCUT2D eigenvalue weighted by Crippen LogP contribution is -2.24. The molecule has 0 saturated heterocycles. The first-order valence-electron chi connectivity index (χ1n) is 6.26. The zero-order chi connectivity index (χ0) is 15.4. The minimum atomic E-state index is -1.19. The smallest absolute Gasteiger partial charge is 0.352 e. The Hall–Kier alpha value is -2.76. The van der Waals surface area contributed by atoms with Gasteiger partial charge in [0.15, 0.2) is 11.5 Å². The van der Waals surface area contributed by atoms with Crippen molar-refractivity contribution in [1.82, 2.24) is 5.32 Å². The maximum atomic E-state index is 11.0. The van der Waals surface area contributed by atoms with Gasteiger partial charge in [-0.3, -0.25) is 4.79 Å². The lowest BCUT2D eigenvalue weighted by molar-refractivity contribution is -0.134. The molecule has 0 fully saturated rings. The maximum absolute atomic E-state index is 11.0. The third-order valence-electron chi connectivity index (χ3n) is 2.70. The Morgan fingerprint density at radius 2 is 1.95 bits per heavy atom. The van der Waals surface area contributed by atoms with E-state index in [9.17, 15) is 9.59 Å². The van der Waals surface area contributed by atoms with Gasteiger partial charge in [0.2, 0.25) is 12.7 Å². The van der Waals surface area contributed by atoms with Crippen LogP contribution in [0, 0.1) is 0 Å². The summed E-state index contributed by atoms with van der Waals surface area (Å²) in [7, 11) is 0. The summed E-state index contributed by atoms with van der Waals surface area (Å²) in [4.78, 5) is 22.0. The molecule has 110 valence electrons. The van der Waals surface area contributed by atoms with Gasteiger partial charge in [-0.15, -0.1) is 0 Å². The number of carboxylic acids is 1. The third-order valence-corrected chi connectivity index (χ3v) is 2.70. The molecule has 2 N–H and O–H groups in total. The number of carbonyl (C=O) groups excluding carboxylic acids is 1. The number of carboxylic acid groups (broad SMARTS) is 1. The van der Waals surface area contributed by atoms with Crippen molar-refractivity contribution in [2.24, 2.45) is 0 Å². The average molecular weight is 289 g/mol. The summed E-state index contributed by atoms with van der Waals surface area (Å²) >= 11 is 0. The summed E-state index contributed by atoms with van der Waals surface area (Å²) < 4.78 is 10.5. The van der Waals surface area contributed by atoms with E-state index in [0.717, 1.165) is 5.56 Å². The van der Waals surface area contributed by atoms with Crippen molar-refractivity contribution in [3.8, 4) is 11.5 Å². The predicted molar refractivity (Wildman–Crippen MR) is 75.8 cm³/mol. The third kappa shape index (κ3) is 3.85. The van der Waals surface area contributed by atoms with E-state index in [1.807, 2.05) is 6.07 Å². The zero-order valence-corrected chi connectivity index (χ0v) is 11.7. The number of hydrogen-bond acceptors (Lipinski definition) is 4. The van der Waals surface area contributed by atoms with Crippen molar-refractivity contribution in [2.45, 2.75) is 13.8 Å². The van der Waals surface area contributed by atoms with Crippen molar-refractivity contribution in [3.63, 3.8) is 0 Å². The predicted octanol–water partition coefficient (Wildman–Crippen LogP) is 1.92. The number of carbonyl (C=O) groups is 2. The Bertz CT molecular complexity index is 645. The summed E-state index contributed by atoms with van der Waals surface area (Å²) in [6, 6.07) is 5.43. The van der Waals surface area contributed by atoms with Crippen molar-refractivity contribution in [1.29, 1.82) is 0 Å². The van der Waals surface area contributed by atoms with Gasteiger partial charge in [-0.1, -0.05) is 12.1 Å². The highest BCUT2D eigenvalue weighted by molar-refractivity contribution is 5.92. The SMILES string of the molecule is CC(=O)N/C(=C/C(C)=C/c1ccc2c(c1)OCO2)C(=O)O. The molecule has 0 saturated carbocycles. The fourth-order valence-electron chi connectivity index (χ4n) is 1.88. The van der Waals surface area contributed by atoms with Gasteiger partial charge in [-0.05, 0) is 36.3 Å². The second kappa shape index (κ2) is 6.13. The van der Waals surface area contributed by atoms with E-state index < -0.39 is 11.9 Å². The van der Waals surface area contributed by atoms with Gasteiger partial charge in [0, 0.05) is 6.92 Å². The normalized spacial score (nSPS) is 14.0. The fourth-order valence-corrected chi connectivity index (χ4v) is 1.88. The van der Waals surface area contributed by atoms with Crippen LogP contribution in [-0.2, 0) is 9.59 Å². The van der Waals surface area contributed by atoms with E-state index in [1.54, 1.807) is 25.1 Å². The zero-order valence-electron chi connectivity index (χ0n) is 11.7. The van der Waals surface area contributed by atoms with Crippen LogP contribution >= 0.6 is 0 Å². The lowest BCUT2D eigenvalue weighted by atomic mass is 10.1. The molecule has 0 bridgehead atoms. The molecule has 0 spiro atoms. The van der Waals surface area contributed by atoms with Crippen molar-refractivity contribution in [2.75, 3.05) is 6.79 Å². The van der Waals surface area contributed by atoms with Crippen LogP contribution in [0.4, 0.5) is 0 Å². The first-order valence-corrected chi connectivity index (χ1v) is 6.26. The molecule has 1 heterocycles. The van der Waals surface area contributed by atoms with Gasteiger partial charge in [-0.25, -0.2) is 4.79 Å². The van der Waals surface area contributed by atoms with Crippen LogP contribution in [0.2, 0.25) is 0 Å². The van der Waals surface area contributed by atoms with Gasteiger partial charge in [0.1, 0.15) is 5.70 Å². The number of nitrogens with one attached hydrogen (secondary N) is 1. The molecule has 1 aliphatic rings. The van der Waals surface area contributed by atoms with Crippen LogP contribution in [0.15, 0.2) is 35.5 Å². The summed E-state index contributed by atoms with van der Waals surface area (Å²) in [6.45, 7) is 3.20. The highest BCUT2D eigenvalue weighted by atomic mass is 16.7. The van der Waals surface area contributed by atoms with Crippen molar-refractivity contribution < 1.29 is 24.2 Å². The molecule has 2 rings (SSSR count). The molecule has 1 aromatic rings. The van der Waals surface area contributed by atoms with Gasteiger partial charge >= 0.3 is 5.97 Å². The van der Waals surface area contributed by atoms with Gasteiger partial charge in [-0.2, -0.15) is 0 Å². The largest absolute Gasteiger partial charge is 0.477 e. The number of amides is 1. The van der Waals surface area contributed by atoms with Crippen LogP contribution in [0.3, 0.4) is 0 Å². The Morgan fingerprint density at radius 1 is 1.24 bits per heavy atom. The number of ether oxygens (including phenoxy) is 2. The Morgan fingerprint density at radius 3 is 2.62 bits per heavy atom. The number of allylic oxidation sites excluding steroid dienone is 2. The molecular formula is C15H15NO5. The number of fused-ring (bicyclic) bond motifs is 1. The minimum absolute atomic E-state index is 0.169. The molecule has 0 aliphatic carbocycles. The van der Waals surface area contributed by atoms with Crippen LogP contribution in [0.1, 0.15) is 19.4 Å². The second-order valence-corrected chi connectivity index (χ2v) is 4.55. The maximum Gasteiger partial charge on any atom is 0.352 e. The van der Waals surface area contributed by atoms with Crippen LogP contribution < -0.4 is 14.8 Å². The summed E-state index contributed by atoms with van der Waals surface area (Å²) in [5.74, 6) is -0.283. The van der Waals surface area contributed by atoms with E-state index in [0.29, 0.717) is 17.1 Å². The van der Waals surface area contributed by atoms with E-state index in [4.69, 9.17) is 14.6 Å². The Balaban J connectivity index is 2.23. The second-order valence-electron chi connectivity index (χ2n) is 4.55. The van der Waals surface area contributed by atoms with Crippen molar-refractivity contribution >= 4 is 18.0 Å². The standard InChI is InChI=1S/C15H15NO5/c1-9(6-12(15(18)19)16-10(2)17)5-11-3-4-13-14(7-11)21-8-20-13/h3-7H,8H2,1-2H3,(H,16,17)(H,18,19)/b9-5+,12-6+. The summed E-state index contributed by atoms with van der Waals surface area (Å²) in [6.07, 6.45) is 3.18. The van der Waals surface area contributed by atoms with E-state index in [1.165, 1.54) is 13.0 Å². The fraction of sp³-hybridized carbons (Fsp3) is 0.200. The molecule has 21 heavy (non-hydrogen) atoms. The summed E-state index contributed by atoms with van der Waals surface area (Å²) in [5.41, 5.74) is 1.36. The minimum Gasteiger partial charge on any atom is -0.477 e. The first-order chi connectivity index (χ1) is 9.95. The topological polar surface area (TPSA) is 84.9 Å². The number of benzene rings is 1. The molecule has 0 aromatic heterocycles. The monoisotopic (exact) mass is 289 g/mol. The quantitative estimate of drug-likeness (QED) is 0.653. The number of rotatable bonds is 4. The average Bonchev–Trinajstić information content (AvgIpc) is 2.84. The van der Waals surface area contributed by atoms with Crippen LogP contribution in [0.5, 0.6) is 11.5 Å². The molecule has 1 amide bonds. The number of hydrogen-bond donors (Lipinski definition) is 2. The Labute approximate surface area is 121 Å². The molecule has 0 unspecified atom stereocenters. The molecule has 0 atom stereocenters. The molecule has 6 heteroatoms. The van der Waals surface area contributed by atoms with Gasteiger partial charge < -0.3 is 19.9 Å². The van der Waals surface area contributed by atoms with Gasteiger partial charge in [0.05, 0.1) is 0 Å². The molecule has 1 aliphatic heterocycles. The highest BCUT2D eigenvalue weighted by Gasteiger charge is 2.12. The molecule has 1 aromatic carbocycles. The van der Waals surface area contributed by atoms with Crippen molar-refractivity contribution in [3.05, 3.63) is 41.1 Å². The highest BCUT2D eigenvalue weighted by Crippen LogP contribution is 2.33. The summed E-state index contributed by atoms with van der Waals surface area (Å²) in [5, 5.41) is 11.3. The van der Waals surface area contributed by atoms with E-state index in [-0.39, 0.29) is 12.5 Å². The van der Waals surface area contributed by atoms with E-state index >= 15 is 0 Å². The Kier molecular flexibility index (Phi) is 4.27.